The number of aryl methyl sites for hydroxylation is 1. The SMILES string of the molecule is Cc1cccn2ncc(C3CCNCC3)c12. The number of fused-ring (bicyclic) bond motifs is 1. The number of hydrogen-bond donors (Lipinski definition) is 1. The zero-order valence-corrected chi connectivity index (χ0v) is 9.61. The molecule has 0 spiro atoms. The molecule has 1 aliphatic rings. The molecule has 1 N–H and O–H groups in total. The molecular weight excluding hydrogens is 198 g/mol. The molecule has 3 nitrogen and oxygen atoms in total. The van der Waals surface area contributed by atoms with E-state index >= 15 is 0 Å². The van der Waals surface area contributed by atoms with E-state index in [1.54, 1.807) is 0 Å². The van der Waals surface area contributed by atoms with Crippen LogP contribution in [0, 0.1) is 6.92 Å². The smallest absolute Gasteiger partial charge is 0.0725 e. The van der Waals surface area contributed by atoms with Crippen molar-refractivity contribution in [1.29, 1.82) is 0 Å². The van der Waals surface area contributed by atoms with Crippen molar-refractivity contribution in [1.82, 2.24) is 14.9 Å². The van der Waals surface area contributed by atoms with Crippen LogP contribution in [-0.2, 0) is 0 Å². The van der Waals surface area contributed by atoms with Crippen LogP contribution in [0.1, 0.15) is 29.9 Å². The lowest BCUT2D eigenvalue weighted by Gasteiger charge is -2.22. The highest BCUT2D eigenvalue weighted by Crippen LogP contribution is 2.29. The second-order valence-corrected chi connectivity index (χ2v) is 4.61. The maximum Gasteiger partial charge on any atom is 0.0725 e. The van der Waals surface area contributed by atoms with Gasteiger partial charge in [0.25, 0.3) is 0 Å². The fraction of sp³-hybridized carbons (Fsp3) is 0.462. The Kier molecular flexibility index (Phi) is 2.40. The molecule has 0 radical (unpaired) electrons. The normalized spacial score (nSPS) is 18.1. The van der Waals surface area contributed by atoms with E-state index in [0.717, 1.165) is 13.1 Å². The van der Waals surface area contributed by atoms with Crippen LogP contribution in [0.2, 0.25) is 0 Å². The van der Waals surface area contributed by atoms with Crippen molar-refractivity contribution in [2.45, 2.75) is 25.7 Å². The van der Waals surface area contributed by atoms with Crippen LogP contribution in [0.25, 0.3) is 5.52 Å². The Morgan fingerprint density at radius 2 is 2.19 bits per heavy atom. The van der Waals surface area contributed by atoms with E-state index in [9.17, 15) is 0 Å². The van der Waals surface area contributed by atoms with Crippen LogP contribution in [0.15, 0.2) is 24.5 Å². The van der Waals surface area contributed by atoms with Crippen molar-refractivity contribution < 1.29 is 0 Å². The van der Waals surface area contributed by atoms with E-state index < -0.39 is 0 Å². The molecule has 1 aliphatic heterocycles. The van der Waals surface area contributed by atoms with E-state index in [-0.39, 0.29) is 0 Å². The minimum absolute atomic E-state index is 0.680. The van der Waals surface area contributed by atoms with Gasteiger partial charge in [-0.2, -0.15) is 5.10 Å². The van der Waals surface area contributed by atoms with Gasteiger partial charge in [0.05, 0.1) is 11.7 Å². The summed E-state index contributed by atoms with van der Waals surface area (Å²) < 4.78 is 2.01. The minimum atomic E-state index is 0.680. The molecule has 1 fully saturated rings. The summed E-state index contributed by atoms with van der Waals surface area (Å²) in [6, 6.07) is 4.23. The molecule has 84 valence electrons. The molecule has 1 saturated heterocycles. The lowest BCUT2D eigenvalue weighted by atomic mass is 9.90. The summed E-state index contributed by atoms with van der Waals surface area (Å²) in [5, 5.41) is 7.86. The Morgan fingerprint density at radius 1 is 1.38 bits per heavy atom. The van der Waals surface area contributed by atoms with Crippen molar-refractivity contribution in [3.05, 3.63) is 35.7 Å². The maximum atomic E-state index is 4.45. The van der Waals surface area contributed by atoms with Crippen LogP contribution >= 0.6 is 0 Å². The highest BCUT2D eigenvalue weighted by molar-refractivity contribution is 5.61. The molecule has 0 aliphatic carbocycles. The Morgan fingerprint density at radius 3 is 3.00 bits per heavy atom. The quantitative estimate of drug-likeness (QED) is 0.789. The molecule has 2 aromatic rings. The number of pyridine rings is 1. The first-order chi connectivity index (χ1) is 7.86. The average Bonchev–Trinajstić information content (AvgIpc) is 2.75. The molecule has 3 heterocycles. The maximum absolute atomic E-state index is 4.45. The predicted octanol–water partition coefficient (Wildman–Crippen LogP) is 2.11. The van der Waals surface area contributed by atoms with Gasteiger partial charge in [-0.1, -0.05) is 6.07 Å². The number of aromatic nitrogens is 2. The van der Waals surface area contributed by atoms with Crippen LogP contribution in [0.3, 0.4) is 0 Å². The first-order valence-electron chi connectivity index (χ1n) is 6.00. The van der Waals surface area contributed by atoms with Gasteiger partial charge >= 0.3 is 0 Å². The highest BCUT2D eigenvalue weighted by Gasteiger charge is 2.19. The van der Waals surface area contributed by atoms with E-state index in [1.165, 1.54) is 29.5 Å². The van der Waals surface area contributed by atoms with Crippen LogP contribution in [0.5, 0.6) is 0 Å². The Bertz CT molecular complexity index is 495. The third-order valence-electron chi connectivity index (χ3n) is 3.55. The fourth-order valence-corrected chi connectivity index (χ4v) is 2.68. The number of nitrogens with one attached hydrogen (secondary N) is 1. The second kappa shape index (κ2) is 3.91. The van der Waals surface area contributed by atoms with Crippen LogP contribution < -0.4 is 5.32 Å². The van der Waals surface area contributed by atoms with Crippen molar-refractivity contribution in [3.63, 3.8) is 0 Å². The molecule has 16 heavy (non-hydrogen) atoms. The summed E-state index contributed by atoms with van der Waals surface area (Å²) >= 11 is 0. The predicted molar refractivity (Wildman–Crippen MR) is 64.8 cm³/mol. The number of piperidine rings is 1. The first kappa shape index (κ1) is 9.85. The van der Waals surface area contributed by atoms with Crippen molar-refractivity contribution >= 4 is 5.52 Å². The van der Waals surface area contributed by atoms with E-state index in [1.807, 2.05) is 10.7 Å². The minimum Gasteiger partial charge on any atom is -0.317 e. The molecule has 3 heteroatoms. The third kappa shape index (κ3) is 1.52. The average molecular weight is 215 g/mol. The molecule has 0 amide bonds. The molecular formula is C13H17N3. The fourth-order valence-electron chi connectivity index (χ4n) is 2.68. The van der Waals surface area contributed by atoms with Gasteiger partial charge in [0.2, 0.25) is 0 Å². The van der Waals surface area contributed by atoms with Gasteiger partial charge in [-0.15, -0.1) is 0 Å². The van der Waals surface area contributed by atoms with E-state index in [2.05, 4.69) is 35.7 Å². The highest BCUT2D eigenvalue weighted by atomic mass is 15.2. The standard InChI is InChI=1S/C13H17N3/c1-10-3-2-8-16-13(10)12(9-15-16)11-4-6-14-7-5-11/h2-3,8-9,11,14H,4-7H2,1H3. The molecule has 0 atom stereocenters. The molecule has 0 unspecified atom stereocenters. The Hall–Kier alpha value is -1.35. The zero-order chi connectivity index (χ0) is 11.0. The summed E-state index contributed by atoms with van der Waals surface area (Å²) in [5.41, 5.74) is 4.07. The topological polar surface area (TPSA) is 29.3 Å². The molecule has 2 aromatic heterocycles. The van der Waals surface area contributed by atoms with Crippen LogP contribution in [0.4, 0.5) is 0 Å². The number of hydrogen-bond acceptors (Lipinski definition) is 2. The van der Waals surface area contributed by atoms with Crippen molar-refractivity contribution in [2.24, 2.45) is 0 Å². The largest absolute Gasteiger partial charge is 0.317 e. The Labute approximate surface area is 95.5 Å². The molecule has 0 bridgehead atoms. The van der Waals surface area contributed by atoms with Crippen molar-refractivity contribution in [2.75, 3.05) is 13.1 Å². The molecule has 0 saturated carbocycles. The summed E-state index contributed by atoms with van der Waals surface area (Å²) in [7, 11) is 0. The van der Waals surface area contributed by atoms with Gasteiger partial charge in [-0.25, -0.2) is 4.52 Å². The van der Waals surface area contributed by atoms with Gasteiger partial charge in [-0.05, 0) is 50.4 Å². The van der Waals surface area contributed by atoms with Gasteiger partial charge in [0, 0.05) is 11.8 Å². The van der Waals surface area contributed by atoms with Crippen molar-refractivity contribution in [3.8, 4) is 0 Å². The summed E-state index contributed by atoms with van der Waals surface area (Å²) in [4.78, 5) is 0. The van der Waals surface area contributed by atoms with Gasteiger partial charge in [-0.3, -0.25) is 0 Å². The number of rotatable bonds is 1. The zero-order valence-electron chi connectivity index (χ0n) is 9.61. The van der Waals surface area contributed by atoms with Crippen LogP contribution in [-0.4, -0.2) is 22.7 Å². The third-order valence-corrected chi connectivity index (χ3v) is 3.55. The summed E-state index contributed by atoms with van der Waals surface area (Å²) in [6.45, 7) is 4.43. The monoisotopic (exact) mass is 215 g/mol. The lowest BCUT2D eigenvalue weighted by Crippen LogP contribution is -2.26. The Balaban J connectivity index is 2.09. The second-order valence-electron chi connectivity index (χ2n) is 4.61. The van der Waals surface area contributed by atoms with E-state index in [4.69, 9.17) is 0 Å². The van der Waals surface area contributed by atoms with Gasteiger partial charge < -0.3 is 5.32 Å². The summed E-state index contributed by atoms with van der Waals surface area (Å²) in [6.07, 6.45) is 6.55. The number of nitrogens with zero attached hydrogens (tertiary/aromatic N) is 2. The van der Waals surface area contributed by atoms with Gasteiger partial charge in [0.1, 0.15) is 0 Å². The first-order valence-corrected chi connectivity index (χ1v) is 6.00. The van der Waals surface area contributed by atoms with Gasteiger partial charge in [0.15, 0.2) is 0 Å². The lowest BCUT2D eigenvalue weighted by molar-refractivity contribution is 0.462. The summed E-state index contributed by atoms with van der Waals surface area (Å²) in [5.74, 6) is 0.680. The molecule has 0 aromatic carbocycles. The molecule has 3 rings (SSSR count). The van der Waals surface area contributed by atoms with E-state index in [0.29, 0.717) is 5.92 Å².